The normalized spacial score (nSPS) is 20.0. The molecular weight excluding hydrogens is 226 g/mol. The molecular formula is C15H21NO2. The zero-order valence-electron chi connectivity index (χ0n) is 11.2. The lowest BCUT2D eigenvalue weighted by Crippen LogP contribution is -2.26. The zero-order valence-corrected chi connectivity index (χ0v) is 11.2. The lowest BCUT2D eigenvalue weighted by atomic mass is 9.91. The van der Waals surface area contributed by atoms with Gasteiger partial charge in [0.15, 0.2) is 11.5 Å². The van der Waals surface area contributed by atoms with Crippen molar-refractivity contribution in [1.29, 1.82) is 0 Å². The summed E-state index contributed by atoms with van der Waals surface area (Å²) in [5.74, 6) is 2.26. The predicted molar refractivity (Wildman–Crippen MR) is 71.4 cm³/mol. The second kappa shape index (κ2) is 4.16. The van der Waals surface area contributed by atoms with Crippen LogP contribution in [0.5, 0.6) is 11.5 Å². The standard InChI is InChI=1S/C15H21NO2/c1-10(2)13-11(9-15(16)5-6-15)3-4-12-14(13)18-8-7-17-12/h3-4,10H,5-9,16H2,1-2H3. The minimum atomic E-state index is 0.0351. The van der Waals surface area contributed by atoms with E-state index in [1.807, 2.05) is 6.07 Å². The van der Waals surface area contributed by atoms with Gasteiger partial charge in [-0.3, -0.25) is 0 Å². The van der Waals surface area contributed by atoms with E-state index >= 15 is 0 Å². The minimum absolute atomic E-state index is 0.0351. The number of nitrogens with two attached hydrogens (primary N) is 1. The molecule has 0 atom stereocenters. The smallest absolute Gasteiger partial charge is 0.165 e. The van der Waals surface area contributed by atoms with Gasteiger partial charge in [0, 0.05) is 11.1 Å². The van der Waals surface area contributed by atoms with Crippen LogP contribution >= 0.6 is 0 Å². The first-order valence-electron chi connectivity index (χ1n) is 6.79. The van der Waals surface area contributed by atoms with E-state index in [2.05, 4.69) is 19.9 Å². The van der Waals surface area contributed by atoms with Crippen LogP contribution in [0.15, 0.2) is 12.1 Å². The van der Waals surface area contributed by atoms with Crippen molar-refractivity contribution >= 4 is 0 Å². The fourth-order valence-corrected chi connectivity index (χ4v) is 2.68. The largest absolute Gasteiger partial charge is 0.486 e. The van der Waals surface area contributed by atoms with Crippen LogP contribution in [0.2, 0.25) is 0 Å². The Labute approximate surface area is 108 Å². The third-order valence-electron chi connectivity index (χ3n) is 3.85. The maximum Gasteiger partial charge on any atom is 0.165 e. The highest BCUT2D eigenvalue weighted by Gasteiger charge is 2.39. The second-order valence-electron chi connectivity index (χ2n) is 5.86. The number of ether oxygens (including phenoxy) is 2. The molecule has 1 saturated carbocycles. The van der Waals surface area contributed by atoms with Crippen molar-refractivity contribution in [3.63, 3.8) is 0 Å². The van der Waals surface area contributed by atoms with E-state index in [0.29, 0.717) is 19.1 Å². The second-order valence-corrected chi connectivity index (χ2v) is 5.86. The fourth-order valence-electron chi connectivity index (χ4n) is 2.68. The van der Waals surface area contributed by atoms with Crippen LogP contribution in [-0.4, -0.2) is 18.8 Å². The summed E-state index contributed by atoms with van der Waals surface area (Å²) in [4.78, 5) is 0. The van der Waals surface area contributed by atoms with E-state index in [1.165, 1.54) is 11.1 Å². The number of rotatable bonds is 3. The third-order valence-corrected chi connectivity index (χ3v) is 3.85. The molecule has 2 N–H and O–H groups in total. The molecule has 0 radical (unpaired) electrons. The first-order valence-corrected chi connectivity index (χ1v) is 6.79. The minimum Gasteiger partial charge on any atom is -0.486 e. The van der Waals surface area contributed by atoms with E-state index in [1.54, 1.807) is 0 Å². The Bertz CT molecular complexity index is 464. The molecule has 3 heteroatoms. The van der Waals surface area contributed by atoms with Crippen LogP contribution < -0.4 is 15.2 Å². The molecule has 1 heterocycles. The number of hydrogen-bond acceptors (Lipinski definition) is 3. The van der Waals surface area contributed by atoms with Gasteiger partial charge in [0.25, 0.3) is 0 Å². The van der Waals surface area contributed by atoms with Crippen molar-refractivity contribution in [2.75, 3.05) is 13.2 Å². The van der Waals surface area contributed by atoms with Gasteiger partial charge in [0.1, 0.15) is 13.2 Å². The van der Waals surface area contributed by atoms with Crippen LogP contribution in [0.3, 0.4) is 0 Å². The van der Waals surface area contributed by atoms with E-state index < -0.39 is 0 Å². The van der Waals surface area contributed by atoms with Gasteiger partial charge in [-0.1, -0.05) is 19.9 Å². The highest BCUT2D eigenvalue weighted by molar-refractivity contribution is 5.53. The molecule has 0 aromatic heterocycles. The summed E-state index contributed by atoms with van der Waals surface area (Å²) in [5.41, 5.74) is 8.90. The molecule has 0 spiro atoms. The number of benzene rings is 1. The summed E-state index contributed by atoms with van der Waals surface area (Å²) < 4.78 is 11.5. The first-order chi connectivity index (χ1) is 8.59. The Kier molecular flexibility index (Phi) is 2.74. The zero-order chi connectivity index (χ0) is 12.8. The maximum absolute atomic E-state index is 6.25. The fraction of sp³-hybridized carbons (Fsp3) is 0.600. The van der Waals surface area contributed by atoms with Gasteiger partial charge in [-0.25, -0.2) is 0 Å². The molecule has 0 amide bonds. The molecule has 3 rings (SSSR count). The number of fused-ring (bicyclic) bond motifs is 1. The first kappa shape index (κ1) is 11.8. The summed E-state index contributed by atoms with van der Waals surface area (Å²) in [6.07, 6.45) is 3.23. The summed E-state index contributed by atoms with van der Waals surface area (Å²) in [7, 11) is 0. The van der Waals surface area contributed by atoms with Gasteiger partial charge in [-0.15, -0.1) is 0 Å². The SMILES string of the molecule is CC(C)c1c(CC2(N)CC2)ccc2c1OCCO2. The van der Waals surface area contributed by atoms with Crippen molar-refractivity contribution < 1.29 is 9.47 Å². The van der Waals surface area contributed by atoms with E-state index in [4.69, 9.17) is 15.2 Å². The highest BCUT2D eigenvalue weighted by atomic mass is 16.6. The summed E-state index contributed by atoms with van der Waals surface area (Å²) in [5, 5.41) is 0. The van der Waals surface area contributed by atoms with Crippen LogP contribution in [-0.2, 0) is 6.42 Å². The average molecular weight is 247 g/mol. The van der Waals surface area contributed by atoms with Crippen LogP contribution in [0, 0.1) is 0 Å². The summed E-state index contributed by atoms with van der Waals surface area (Å²) in [6, 6.07) is 4.19. The highest BCUT2D eigenvalue weighted by Crippen LogP contribution is 2.43. The van der Waals surface area contributed by atoms with Crippen molar-refractivity contribution in [3.8, 4) is 11.5 Å². The van der Waals surface area contributed by atoms with Gasteiger partial charge in [-0.05, 0) is 36.8 Å². The van der Waals surface area contributed by atoms with Crippen molar-refractivity contribution in [2.24, 2.45) is 5.73 Å². The van der Waals surface area contributed by atoms with E-state index in [-0.39, 0.29) is 5.54 Å². The molecule has 3 nitrogen and oxygen atoms in total. The molecule has 1 fully saturated rings. The van der Waals surface area contributed by atoms with Gasteiger partial charge in [0.05, 0.1) is 0 Å². The van der Waals surface area contributed by atoms with Gasteiger partial charge >= 0.3 is 0 Å². The van der Waals surface area contributed by atoms with E-state index in [0.717, 1.165) is 30.8 Å². The monoisotopic (exact) mass is 247 g/mol. The Morgan fingerprint density at radius 2 is 1.94 bits per heavy atom. The van der Waals surface area contributed by atoms with Crippen molar-refractivity contribution in [3.05, 3.63) is 23.3 Å². The summed E-state index contributed by atoms with van der Waals surface area (Å²) >= 11 is 0. The molecule has 18 heavy (non-hydrogen) atoms. The predicted octanol–water partition coefficient (Wildman–Crippen LogP) is 2.62. The molecule has 0 saturated heterocycles. The molecule has 98 valence electrons. The van der Waals surface area contributed by atoms with Crippen LogP contribution in [0.25, 0.3) is 0 Å². The topological polar surface area (TPSA) is 44.5 Å². The molecule has 0 bridgehead atoms. The van der Waals surface area contributed by atoms with Gasteiger partial charge in [-0.2, -0.15) is 0 Å². The van der Waals surface area contributed by atoms with Crippen molar-refractivity contribution in [2.45, 2.75) is 44.6 Å². The lowest BCUT2D eigenvalue weighted by Gasteiger charge is -2.25. The van der Waals surface area contributed by atoms with Gasteiger partial charge in [0.2, 0.25) is 0 Å². The van der Waals surface area contributed by atoms with Crippen LogP contribution in [0.1, 0.15) is 43.7 Å². The quantitative estimate of drug-likeness (QED) is 0.893. The van der Waals surface area contributed by atoms with Crippen LogP contribution in [0.4, 0.5) is 0 Å². The average Bonchev–Trinajstić information content (AvgIpc) is 3.06. The lowest BCUT2D eigenvalue weighted by molar-refractivity contribution is 0.169. The molecule has 0 unspecified atom stereocenters. The molecule has 1 aromatic rings. The third kappa shape index (κ3) is 2.07. The molecule has 2 aliphatic rings. The Morgan fingerprint density at radius 1 is 1.22 bits per heavy atom. The number of hydrogen-bond donors (Lipinski definition) is 1. The molecule has 1 aromatic carbocycles. The molecule has 1 aliphatic heterocycles. The maximum atomic E-state index is 6.25. The van der Waals surface area contributed by atoms with Gasteiger partial charge < -0.3 is 15.2 Å². The Balaban J connectivity index is 2.02. The molecule has 1 aliphatic carbocycles. The Morgan fingerprint density at radius 3 is 2.61 bits per heavy atom. The van der Waals surface area contributed by atoms with Crippen molar-refractivity contribution in [1.82, 2.24) is 0 Å². The Hall–Kier alpha value is -1.22. The van der Waals surface area contributed by atoms with E-state index in [9.17, 15) is 0 Å². The summed E-state index contributed by atoms with van der Waals surface area (Å²) in [6.45, 7) is 5.69.